The first kappa shape index (κ1) is 16.7. The smallest absolute Gasteiger partial charge is 0.363 e. The first-order valence-corrected chi connectivity index (χ1v) is 7.38. The summed E-state index contributed by atoms with van der Waals surface area (Å²) in [6.07, 6.45) is 2.56. The SMILES string of the molecule is CC.O=[N+]([O-])c1ccc(N(CS)CC2CCOC2)cn1. The predicted molar refractivity (Wildman–Crippen MR) is 82.4 cm³/mol. The maximum Gasteiger partial charge on any atom is 0.363 e. The average molecular weight is 299 g/mol. The standard InChI is InChI=1S/C11H15N3O3S.C2H6/c15-14(16)11-2-1-10(5-12-11)13(8-18)6-9-3-4-17-7-9;1-2/h1-2,5,9,18H,3-4,6-8H2;1-2H3. The van der Waals surface area contributed by atoms with E-state index in [2.05, 4.69) is 17.6 Å². The number of nitro groups is 1. The molecular weight excluding hydrogens is 278 g/mol. The Morgan fingerprint density at radius 3 is 2.75 bits per heavy atom. The third-order valence-corrected chi connectivity index (χ3v) is 3.30. The van der Waals surface area contributed by atoms with Gasteiger partial charge < -0.3 is 19.8 Å². The molecule has 0 amide bonds. The van der Waals surface area contributed by atoms with Crippen molar-refractivity contribution in [3.05, 3.63) is 28.4 Å². The highest BCUT2D eigenvalue weighted by molar-refractivity contribution is 7.80. The molecule has 0 bridgehead atoms. The molecule has 1 aliphatic heterocycles. The molecule has 1 unspecified atom stereocenters. The summed E-state index contributed by atoms with van der Waals surface area (Å²) < 4.78 is 5.33. The molecule has 1 fully saturated rings. The van der Waals surface area contributed by atoms with Gasteiger partial charge in [0.25, 0.3) is 0 Å². The summed E-state index contributed by atoms with van der Waals surface area (Å²) >= 11 is 4.29. The Bertz CT molecular complexity index is 408. The summed E-state index contributed by atoms with van der Waals surface area (Å²) in [5, 5.41) is 10.5. The van der Waals surface area contributed by atoms with Gasteiger partial charge >= 0.3 is 5.82 Å². The molecule has 1 saturated heterocycles. The van der Waals surface area contributed by atoms with Crippen molar-refractivity contribution in [3.63, 3.8) is 0 Å². The zero-order chi connectivity index (χ0) is 15.0. The van der Waals surface area contributed by atoms with E-state index in [1.807, 2.05) is 18.7 Å². The van der Waals surface area contributed by atoms with E-state index in [0.29, 0.717) is 11.8 Å². The van der Waals surface area contributed by atoms with Crippen LogP contribution in [0.5, 0.6) is 0 Å². The Kier molecular flexibility index (Phi) is 7.32. The van der Waals surface area contributed by atoms with Gasteiger partial charge in [0.05, 0.1) is 18.2 Å². The van der Waals surface area contributed by atoms with Crippen LogP contribution in [0.25, 0.3) is 0 Å². The molecule has 1 aromatic rings. The number of anilines is 1. The minimum absolute atomic E-state index is 0.137. The lowest BCUT2D eigenvalue weighted by Gasteiger charge is -2.23. The Hall–Kier alpha value is -1.34. The van der Waals surface area contributed by atoms with Crippen molar-refractivity contribution in [2.45, 2.75) is 20.3 Å². The van der Waals surface area contributed by atoms with Crippen LogP contribution >= 0.6 is 12.6 Å². The van der Waals surface area contributed by atoms with Gasteiger partial charge in [-0.25, -0.2) is 0 Å². The fourth-order valence-electron chi connectivity index (χ4n) is 1.96. The highest BCUT2D eigenvalue weighted by atomic mass is 32.1. The lowest BCUT2D eigenvalue weighted by Crippen LogP contribution is -2.28. The highest BCUT2D eigenvalue weighted by Gasteiger charge is 2.20. The molecule has 1 atom stereocenters. The molecule has 7 heteroatoms. The van der Waals surface area contributed by atoms with Crippen LogP contribution in [0.15, 0.2) is 18.3 Å². The maximum absolute atomic E-state index is 10.5. The molecule has 20 heavy (non-hydrogen) atoms. The second-order valence-corrected chi connectivity index (χ2v) is 4.51. The van der Waals surface area contributed by atoms with Crippen LogP contribution in [-0.4, -0.2) is 35.5 Å². The van der Waals surface area contributed by atoms with Gasteiger partial charge in [0.2, 0.25) is 0 Å². The molecule has 1 aliphatic rings. The minimum Gasteiger partial charge on any atom is -0.381 e. The third-order valence-electron chi connectivity index (χ3n) is 2.96. The normalized spacial score (nSPS) is 17.2. The van der Waals surface area contributed by atoms with Crippen molar-refractivity contribution in [2.75, 3.05) is 30.5 Å². The van der Waals surface area contributed by atoms with Crippen molar-refractivity contribution in [1.29, 1.82) is 0 Å². The molecule has 2 rings (SSSR count). The molecule has 2 heterocycles. The second-order valence-electron chi connectivity index (χ2n) is 4.23. The lowest BCUT2D eigenvalue weighted by molar-refractivity contribution is -0.389. The Morgan fingerprint density at radius 1 is 1.55 bits per heavy atom. The third kappa shape index (κ3) is 4.64. The van der Waals surface area contributed by atoms with Crippen molar-refractivity contribution in [2.24, 2.45) is 5.92 Å². The first-order valence-electron chi connectivity index (χ1n) is 6.74. The highest BCUT2D eigenvalue weighted by Crippen LogP contribution is 2.21. The predicted octanol–water partition coefficient (Wildman–Crippen LogP) is 2.75. The molecule has 1 aromatic heterocycles. The van der Waals surface area contributed by atoms with Gasteiger partial charge in [-0.15, -0.1) is 0 Å². The second kappa shape index (κ2) is 8.76. The van der Waals surface area contributed by atoms with E-state index in [0.717, 1.165) is 31.9 Å². The Labute approximate surface area is 124 Å². The van der Waals surface area contributed by atoms with Crippen molar-refractivity contribution < 1.29 is 9.66 Å². The molecule has 6 nitrogen and oxygen atoms in total. The number of pyridine rings is 1. The number of ether oxygens (including phenoxy) is 1. The van der Waals surface area contributed by atoms with Crippen LogP contribution in [-0.2, 0) is 4.74 Å². The quantitative estimate of drug-likeness (QED) is 0.392. The van der Waals surface area contributed by atoms with E-state index in [4.69, 9.17) is 4.74 Å². The van der Waals surface area contributed by atoms with Crippen molar-refractivity contribution >= 4 is 24.1 Å². The molecule has 112 valence electrons. The van der Waals surface area contributed by atoms with E-state index in [1.54, 1.807) is 6.07 Å². The van der Waals surface area contributed by atoms with Crippen LogP contribution in [0.3, 0.4) is 0 Å². The molecule has 0 aromatic carbocycles. The van der Waals surface area contributed by atoms with Crippen molar-refractivity contribution in [3.8, 4) is 0 Å². The first-order chi connectivity index (χ1) is 9.70. The van der Waals surface area contributed by atoms with Gasteiger partial charge in [-0.1, -0.05) is 13.8 Å². The summed E-state index contributed by atoms with van der Waals surface area (Å²) in [5.74, 6) is 0.908. The summed E-state index contributed by atoms with van der Waals surface area (Å²) in [5.41, 5.74) is 0.850. The molecule has 0 saturated carbocycles. The van der Waals surface area contributed by atoms with Gasteiger partial charge in [-0.2, -0.15) is 12.6 Å². The fourth-order valence-corrected chi connectivity index (χ4v) is 2.24. The molecular formula is C13H21N3O3S. The number of hydrogen-bond donors (Lipinski definition) is 1. The van der Waals surface area contributed by atoms with Gasteiger partial charge in [0.15, 0.2) is 6.20 Å². The maximum atomic E-state index is 10.5. The van der Waals surface area contributed by atoms with E-state index < -0.39 is 4.92 Å². The van der Waals surface area contributed by atoms with Crippen LogP contribution in [0.4, 0.5) is 11.5 Å². The van der Waals surface area contributed by atoms with Gasteiger partial charge in [0, 0.05) is 25.1 Å². The summed E-state index contributed by atoms with van der Waals surface area (Å²) in [6.45, 7) is 6.41. The zero-order valence-corrected chi connectivity index (χ0v) is 12.8. The van der Waals surface area contributed by atoms with Crippen LogP contribution < -0.4 is 4.90 Å². The number of nitrogens with zero attached hydrogens (tertiary/aromatic N) is 3. The molecule has 0 N–H and O–H groups in total. The number of rotatable bonds is 5. The van der Waals surface area contributed by atoms with Crippen LogP contribution in [0.1, 0.15) is 20.3 Å². The minimum atomic E-state index is -0.500. The Balaban J connectivity index is 0.000000956. The fraction of sp³-hybridized carbons (Fsp3) is 0.615. The average Bonchev–Trinajstić information content (AvgIpc) is 3.00. The van der Waals surface area contributed by atoms with E-state index in [1.165, 1.54) is 12.3 Å². The number of thiol groups is 1. The monoisotopic (exact) mass is 299 g/mol. The van der Waals surface area contributed by atoms with E-state index in [9.17, 15) is 10.1 Å². The number of aromatic nitrogens is 1. The number of hydrogen-bond acceptors (Lipinski definition) is 6. The molecule has 0 aliphatic carbocycles. The zero-order valence-electron chi connectivity index (χ0n) is 11.9. The summed E-state index contributed by atoms with van der Waals surface area (Å²) in [7, 11) is 0. The van der Waals surface area contributed by atoms with Crippen LogP contribution in [0, 0.1) is 16.0 Å². The van der Waals surface area contributed by atoms with E-state index >= 15 is 0 Å². The van der Waals surface area contributed by atoms with Gasteiger partial charge in [0.1, 0.15) is 0 Å². The van der Waals surface area contributed by atoms with Crippen molar-refractivity contribution in [1.82, 2.24) is 4.98 Å². The summed E-state index contributed by atoms with van der Waals surface area (Å²) in [4.78, 5) is 15.9. The lowest BCUT2D eigenvalue weighted by atomic mass is 10.1. The van der Waals surface area contributed by atoms with Crippen LogP contribution in [0.2, 0.25) is 0 Å². The van der Waals surface area contributed by atoms with Gasteiger partial charge in [-0.05, 0) is 22.4 Å². The molecule has 0 radical (unpaired) electrons. The van der Waals surface area contributed by atoms with Gasteiger partial charge in [-0.3, -0.25) is 0 Å². The summed E-state index contributed by atoms with van der Waals surface area (Å²) in [6, 6.07) is 3.12. The Morgan fingerprint density at radius 2 is 2.30 bits per heavy atom. The largest absolute Gasteiger partial charge is 0.381 e. The van der Waals surface area contributed by atoms with E-state index in [-0.39, 0.29) is 5.82 Å². The topological polar surface area (TPSA) is 68.5 Å². The molecule has 0 spiro atoms.